The molecule has 2 nitrogen and oxygen atoms in total. The van der Waals surface area contributed by atoms with E-state index in [1.54, 1.807) is 0 Å². The van der Waals surface area contributed by atoms with Crippen molar-refractivity contribution in [3.05, 3.63) is 47.5 Å². The lowest BCUT2D eigenvalue weighted by molar-refractivity contribution is -0.154. The predicted molar refractivity (Wildman–Crippen MR) is 90.6 cm³/mol. The molecule has 1 saturated carbocycles. The number of rotatable bonds is 2. The summed E-state index contributed by atoms with van der Waals surface area (Å²) >= 11 is 0. The van der Waals surface area contributed by atoms with Gasteiger partial charge in [0.05, 0.1) is 5.41 Å². The molecule has 2 heteroatoms. The van der Waals surface area contributed by atoms with Crippen molar-refractivity contribution in [3.8, 4) is 0 Å². The normalized spacial score (nSPS) is 33.0. The largest absolute Gasteiger partial charge is 0.481 e. The topological polar surface area (TPSA) is 37.3 Å². The van der Waals surface area contributed by atoms with Gasteiger partial charge in [-0.2, -0.15) is 0 Å². The van der Waals surface area contributed by atoms with Crippen LogP contribution in [0.3, 0.4) is 0 Å². The number of hydrogen-bond acceptors (Lipinski definition) is 1. The van der Waals surface area contributed by atoms with Gasteiger partial charge in [-0.05, 0) is 49.4 Å². The molecule has 0 spiro atoms. The number of benzene rings is 1. The van der Waals surface area contributed by atoms with Gasteiger partial charge in [0.25, 0.3) is 0 Å². The maximum atomic E-state index is 11.9. The molecule has 0 saturated heterocycles. The number of carboxylic acids is 1. The highest BCUT2D eigenvalue weighted by Gasteiger charge is 2.53. The minimum Gasteiger partial charge on any atom is -0.481 e. The van der Waals surface area contributed by atoms with Crippen molar-refractivity contribution >= 4 is 17.6 Å². The Hall–Kier alpha value is -1.83. The molecule has 0 unspecified atom stereocenters. The van der Waals surface area contributed by atoms with E-state index in [4.69, 9.17) is 0 Å². The number of allylic oxidation sites excluding steroid dienone is 2. The molecule has 1 fully saturated rings. The first-order chi connectivity index (χ1) is 10.3. The van der Waals surface area contributed by atoms with Crippen molar-refractivity contribution < 1.29 is 9.90 Å². The number of hydrogen-bond donors (Lipinski definition) is 1. The van der Waals surface area contributed by atoms with Crippen LogP contribution in [0.2, 0.25) is 0 Å². The summed E-state index contributed by atoms with van der Waals surface area (Å²) in [6, 6.07) is 6.49. The van der Waals surface area contributed by atoms with E-state index in [2.05, 4.69) is 43.9 Å². The van der Waals surface area contributed by atoms with Gasteiger partial charge in [0.2, 0.25) is 0 Å². The zero-order valence-corrected chi connectivity index (χ0v) is 13.6. The van der Waals surface area contributed by atoms with E-state index in [1.807, 2.05) is 13.8 Å². The second kappa shape index (κ2) is 4.84. The quantitative estimate of drug-likeness (QED) is 0.843. The summed E-state index contributed by atoms with van der Waals surface area (Å²) in [7, 11) is 0. The Morgan fingerprint density at radius 2 is 2.05 bits per heavy atom. The molecule has 0 amide bonds. The maximum Gasteiger partial charge on any atom is 0.309 e. The smallest absolute Gasteiger partial charge is 0.309 e. The van der Waals surface area contributed by atoms with Gasteiger partial charge < -0.3 is 5.11 Å². The van der Waals surface area contributed by atoms with Crippen molar-refractivity contribution in [1.82, 2.24) is 0 Å². The second-order valence-electron chi connectivity index (χ2n) is 7.41. The molecule has 1 N–H and O–H groups in total. The molecule has 116 valence electrons. The van der Waals surface area contributed by atoms with Gasteiger partial charge in [0.15, 0.2) is 0 Å². The van der Waals surface area contributed by atoms with E-state index in [-0.39, 0.29) is 11.3 Å². The average Bonchev–Trinajstić information content (AvgIpc) is 2.46. The van der Waals surface area contributed by atoms with Gasteiger partial charge in [0, 0.05) is 11.3 Å². The van der Waals surface area contributed by atoms with Gasteiger partial charge in [-0.15, -0.1) is 0 Å². The van der Waals surface area contributed by atoms with E-state index in [9.17, 15) is 9.90 Å². The van der Waals surface area contributed by atoms with E-state index < -0.39 is 11.4 Å². The Morgan fingerprint density at radius 1 is 1.32 bits per heavy atom. The summed E-state index contributed by atoms with van der Waals surface area (Å²) < 4.78 is 0. The molecule has 0 aromatic heterocycles. The Kier molecular flexibility index (Phi) is 3.32. The van der Waals surface area contributed by atoms with Crippen molar-refractivity contribution in [2.75, 3.05) is 0 Å². The minimum atomic E-state index is -0.672. The highest BCUT2D eigenvalue weighted by Crippen LogP contribution is 2.56. The van der Waals surface area contributed by atoms with Crippen LogP contribution in [-0.4, -0.2) is 11.1 Å². The molecule has 0 radical (unpaired) electrons. The Balaban J connectivity index is 2.14. The van der Waals surface area contributed by atoms with Crippen LogP contribution in [-0.2, 0) is 10.2 Å². The lowest BCUT2D eigenvalue weighted by Gasteiger charge is -2.51. The van der Waals surface area contributed by atoms with Crippen molar-refractivity contribution in [2.24, 2.45) is 11.3 Å². The average molecular weight is 296 g/mol. The molecular formula is C20H24O2. The van der Waals surface area contributed by atoms with Crippen LogP contribution >= 0.6 is 0 Å². The van der Waals surface area contributed by atoms with Crippen LogP contribution in [0.25, 0.3) is 11.6 Å². The third kappa shape index (κ3) is 1.97. The fraction of sp³-hybridized carbons (Fsp3) is 0.450. The third-order valence-electron chi connectivity index (χ3n) is 5.88. The molecule has 22 heavy (non-hydrogen) atoms. The van der Waals surface area contributed by atoms with Crippen LogP contribution in [0.15, 0.2) is 30.9 Å². The monoisotopic (exact) mass is 296 g/mol. The molecular weight excluding hydrogens is 272 g/mol. The van der Waals surface area contributed by atoms with Gasteiger partial charge in [-0.1, -0.05) is 49.8 Å². The van der Waals surface area contributed by atoms with E-state index in [0.29, 0.717) is 0 Å². The zero-order chi connectivity index (χ0) is 16.1. The number of fused-ring (bicyclic) bond motifs is 3. The molecule has 3 rings (SSSR count). The summed E-state index contributed by atoms with van der Waals surface area (Å²) in [5, 5.41) is 9.77. The van der Waals surface area contributed by atoms with Crippen molar-refractivity contribution in [3.63, 3.8) is 0 Å². The van der Waals surface area contributed by atoms with Gasteiger partial charge in [-0.25, -0.2) is 0 Å². The van der Waals surface area contributed by atoms with Crippen LogP contribution in [0.5, 0.6) is 0 Å². The molecule has 1 aromatic rings. The summed E-state index contributed by atoms with van der Waals surface area (Å²) in [5.41, 5.74) is 3.95. The van der Waals surface area contributed by atoms with Gasteiger partial charge >= 0.3 is 5.97 Å². The first-order valence-electron chi connectivity index (χ1n) is 8.01. The molecule has 0 heterocycles. The van der Waals surface area contributed by atoms with Crippen LogP contribution < -0.4 is 0 Å². The third-order valence-corrected chi connectivity index (χ3v) is 5.88. The van der Waals surface area contributed by atoms with Crippen LogP contribution in [0.4, 0.5) is 0 Å². The maximum absolute atomic E-state index is 11.9. The van der Waals surface area contributed by atoms with Gasteiger partial charge in [0.1, 0.15) is 0 Å². The summed E-state index contributed by atoms with van der Waals surface area (Å²) in [5.74, 6) is -0.621. The SMILES string of the molecule is C=C(C)c1ccc2c(c1)C=C[C@H]1[C@](C)(C(=O)O)CCC[C@]21C. The highest BCUT2D eigenvalue weighted by molar-refractivity contribution is 5.77. The molecule has 2 aliphatic carbocycles. The first-order valence-corrected chi connectivity index (χ1v) is 8.01. The Labute approximate surface area is 132 Å². The molecule has 2 aliphatic rings. The lowest BCUT2D eigenvalue weighted by atomic mass is 9.51. The fourth-order valence-corrected chi connectivity index (χ4v) is 4.49. The predicted octanol–water partition coefficient (Wildman–Crippen LogP) is 4.90. The number of carbonyl (C=O) groups is 1. The zero-order valence-electron chi connectivity index (χ0n) is 13.6. The van der Waals surface area contributed by atoms with E-state index in [1.165, 1.54) is 11.1 Å². The van der Waals surface area contributed by atoms with Crippen LogP contribution in [0, 0.1) is 11.3 Å². The summed E-state index contributed by atoms with van der Waals surface area (Å²) in [6.45, 7) is 10.2. The summed E-state index contributed by atoms with van der Waals surface area (Å²) in [6.07, 6.45) is 7.01. The second-order valence-corrected chi connectivity index (χ2v) is 7.41. The molecule has 0 aliphatic heterocycles. The first kappa shape index (κ1) is 15.1. The molecule has 3 atom stereocenters. The fourth-order valence-electron chi connectivity index (χ4n) is 4.49. The summed E-state index contributed by atoms with van der Waals surface area (Å²) in [4.78, 5) is 11.9. The number of aliphatic carboxylic acids is 1. The van der Waals surface area contributed by atoms with E-state index >= 15 is 0 Å². The Bertz CT molecular complexity index is 685. The molecule has 1 aromatic carbocycles. The van der Waals surface area contributed by atoms with E-state index in [0.717, 1.165) is 30.4 Å². The van der Waals surface area contributed by atoms with Crippen molar-refractivity contribution in [2.45, 2.75) is 45.4 Å². The van der Waals surface area contributed by atoms with Crippen molar-refractivity contribution in [1.29, 1.82) is 0 Å². The molecule has 0 bridgehead atoms. The highest BCUT2D eigenvalue weighted by atomic mass is 16.4. The minimum absolute atomic E-state index is 0.0504. The standard InChI is InChI=1S/C20H24O2/c1-13(2)14-6-8-16-15(12-14)7-9-17-19(16,3)10-5-11-20(17,4)18(21)22/h6-9,12,17H,1,5,10-11H2,2-4H3,(H,21,22)/t17-,19-,20-/m1/s1. The van der Waals surface area contributed by atoms with Gasteiger partial charge in [-0.3, -0.25) is 4.79 Å². The Morgan fingerprint density at radius 3 is 2.68 bits per heavy atom. The lowest BCUT2D eigenvalue weighted by Crippen LogP contribution is -2.50. The number of carboxylic acid groups (broad SMARTS) is 1. The van der Waals surface area contributed by atoms with Crippen LogP contribution in [0.1, 0.15) is 56.7 Å².